The maximum Gasteiger partial charge on any atom is 0.288 e. The van der Waals surface area contributed by atoms with Gasteiger partial charge in [0.05, 0.1) is 6.42 Å². The van der Waals surface area contributed by atoms with Gasteiger partial charge in [-0.3, -0.25) is 24.3 Å². The Morgan fingerprint density at radius 1 is 1.21 bits per heavy atom. The third-order valence-corrected chi connectivity index (χ3v) is 4.27. The Hall–Kier alpha value is -2.06. The third kappa shape index (κ3) is 1.94. The number of hydrogen-bond acceptors (Lipinski definition) is 5. The van der Waals surface area contributed by atoms with Crippen molar-refractivity contribution >= 4 is 27.7 Å². The zero-order chi connectivity index (χ0) is 14.3. The highest BCUT2D eigenvalue weighted by Gasteiger charge is 2.62. The first-order valence-electron chi connectivity index (χ1n) is 5.20. The lowest BCUT2D eigenvalue weighted by atomic mass is 9.95. The highest BCUT2D eigenvalue weighted by atomic mass is 32.2. The molecule has 7 nitrogen and oxygen atoms in total. The van der Waals surface area contributed by atoms with E-state index in [1.807, 2.05) is 0 Å². The largest absolute Gasteiger partial charge is 0.294 e. The zero-order valence-corrected chi connectivity index (χ0v) is 10.3. The summed E-state index contributed by atoms with van der Waals surface area (Å²) in [5.41, 5.74) is -0.0787. The molecular formula is C11H9NO6S. The van der Waals surface area contributed by atoms with Crippen LogP contribution in [0.15, 0.2) is 30.3 Å². The minimum Gasteiger partial charge on any atom is -0.294 e. The van der Waals surface area contributed by atoms with Crippen molar-refractivity contribution in [2.75, 3.05) is 0 Å². The number of amides is 2. The predicted octanol–water partition coefficient (Wildman–Crippen LogP) is -0.458. The molecule has 0 saturated carbocycles. The SMILES string of the molecule is O=C1CC(C(=O)c2ccccc2)(S(=O)(=O)O)C(=O)N1. The second-order valence-corrected chi connectivity index (χ2v) is 5.70. The van der Waals surface area contributed by atoms with E-state index in [1.165, 1.54) is 24.3 Å². The van der Waals surface area contributed by atoms with Gasteiger partial charge in [0, 0.05) is 5.56 Å². The molecule has 1 aliphatic heterocycles. The lowest BCUT2D eigenvalue weighted by Crippen LogP contribution is -2.52. The number of Topliss-reactive ketones (excluding diaryl/α,β-unsaturated/α-hetero) is 1. The molecule has 19 heavy (non-hydrogen) atoms. The number of benzene rings is 1. The molecule has 0 aromatic heterocycles. The normalized spacial score (nSPS) is 23.2. The third-order valence-electron chi connectivity index (χ3n) is 2.87. The van der Waals surface area contributed by atoms with Crippen LogP contribution >= 0.6 is 0 Å². The van der Waals surface area contributed by atoms with Crippen molar-refractivity contribution in [3.63, 3.8) is 0 Å². The summed E-state index contributed by atoms with van der Waals surface area (Å²) in [7, 11) is -5.08. The molecule has 100 valence electrons. The molecule has 1 unspecified atom stereocenters. The summed E-state index contributed by atoms with van der Waals surface area (Å²) in [5.74, 6) is -3.38. The second-order valence-electron chi connectivity index (χ2n) is 4.05. The number of nitrogens with one attached hydrogen (secondary N) is 1. The van der Waals surface area contributed by atoms with Crippen LogP contribution in [0.1, 0.15) is 16.8 Å². The van der Waals surface area contributed by atoms with Crippen molar-refractivity contribution in [1.29, 1.82) is 0 Å². The topological polar surface area (TPSA) is 118 Å². The average molecular weight is 283 g/mol. The number of ketones is 1. The van der Waals surface area contributed by atoms with Crippen molar-refractivity contribution in [3.8, 4) is 0 Å². The van der Waals surface area contributed by atoms with Crippen molar-refractivity contribution in [2.24, 2.45) is 0 Å². The van der Waals surface area contributed by atoms with Gasteiger partial charge in [0.25, 0.3) is 16.0 Å². The number of imide groups is 1. The van der Waals surface area contributed by atoms with Crippen LogP contribution in [0.2, 0.25) is 0 Å². The van der Waals surface area contributed by atoms with Gasteiger partial charge in [0.1, 0.15) is 0 Å². The number of rotatable bonds is 3. The lowest BCUT2D eigenvalue weighted by molar-refractivity contribution is -0.125. The van der Waals surface area contributed by atoms with Crippen LogP contribution in [-0.2, 0) is 19.7 Å². The number of carbonyl (C=O) groups is 3. The van der Waals surface area contributed by atoms with Gasteiger partial charge < -0.3 is 0 Å². The molecular weight excluding hydrogens is 274 g/mol. The van der Waals surface area contributed by atoms with E-state index in [2.05, 4.69) is 0 Å². The van der Waals surface area contributed by atoms with Crippen LogP contribution in [0.3, 0.4) is 0 Å². The summed E-state index contributed by atoms with van der Waals surface area (Å²) in [4.78, 5) is 35.1. The first-order valence-corrected chi connectivity index (χ1v) is 6.64. The quantitative estimate of drug-likeness (QED) is 0.335. The molecule has 0 radical (unpaired) electrons. The average Bonchev–Trinajstić information content (AvgIpc) is 2.65. The molecule has 2 rings (SSSR count). The predicted molar refractivity (Wildman–Crippen MR) is 62.8 cm³/mol. The van der Waals surface area contributed by atoms with Gasteiger partial charge in [0.2, 0.25) is 10.7 Å². The molecule has 1 aromatic rings. The fourth-order valence-electron chi connectivity index (χ4n) is 1.91. The monoisotopic (exact) mass is 283 g/mol. The van der Waals surface area contributed by atoms with Gasteiger partial charge >= 0.3 is 0 Å². The maximum atomic E-state index is 12.2. The van der Waals surface area contributed by atoms with E-state index in [9.17, 15) is 27.4 Å². The van der Waals surface area contributed by atoms with Crippen molar-refractivity contribution in [1.82, 2.24) is 5.32 Å². The van der Waals surface area contributed by atoms with E-state index in [-0.39, 0.29) is 5.56 Å². The molecule has 1 aliphatic rings. The lowest BCUT2D eigenvalue weighted by Gasteiger charge is -2.19. The van der Waals surface area contributed by atoms with Crippen LogP contribution in [0.5, 0.6) is 0 Å². The van der Waals surface area contributed by atoms with Gasteiger partial charge in [0.15, 0.2) is 5.78 Å². The smallest absolute Gasteiger partial charge is 0.288 e. The summed E-state index contributed by atoms with van der Waals surface area (Å²) in [5, 5.41) is 1.73. The molecule has 1 saturated heterocycles. The summed E-state index contributed by atoms with van der Waals surface area (Å²) in [6.45, 7) is 0. The van der Waals surface area contributed by atoms with Crippen LogP contribution < -0.4 is 5.32 Å². The highest BCUT2D eigenvalue weighted by Crippen LogP contribution is 2.30. The number of hydrogen-bond donors (Lipinski definition) is 2. The first-order chi connectivity index (χ1) is 8.79. The van der Waals surface area contributed by atoms with Crippen LogP contribution in [-0.4, -0.2) is 35.3 Å². The molecule has 0 spiro atoms. The molecule has 1 heterocycles. The van der Waals surface area contributed by atoms with E-state index >= 15 is 0 Å². The van der Waals surface area contributed by atoms with Crippen LogP contribution in [0.25, 0.3) is 0 Å². The maximum absolute atomic E-state index is 12.2. The molecule has 2 amide bonds. The van der Waals surface area contributed by atoms with Crippen molar-refractivity contribution in [3.05, 3.63) is 35.9 Å². The second kappa shape index (κ2) is 4.25. The highest BCUT2D eigenvalue weighted by molar-refractivity contribution is 7.89. The Kier molecular flexibility index (Phi) is 2.99. The van der Waals surface area contributed by atoms with E-state index in [0.717, 1.165) is 0 Å². The Morgan fingerprint density at radius 2 is 1.79 bits per heavy atom. The van der Waals surface area contributed by atoms with Crippen molar-refractivity contribution in [2.45, 2.75) is 11.2 Å². The van der Waals surface area contributed by atoms with Gasteiger partial charge in [-0.25, -0.2) is 0 Å². The van der Waals surface area contributed by atoms with Crippen LogP contribution in [0, 0.1) is 0 Å². The van der Waals surface area contributed by atoms with Gasteiger partial charge in [-0.15, -0.1) is 0 Å². The summed E-state index contributed by atoms with van der Waals surface area (Å²) in [6.07, 6.45) is -0.918. The Balaban J connectivity index is 2.62. The van der Waals surface area contributed by atoms with Gasteiger partial charge in [-0.1, -0.05) is 30.3 Å². The molecule has 2 N–H and O–H groups in total. The molecule has 1 aromatic carbocycles. The minimum atomic E-state index is -5.08. The molecule has 0 bridgehead atoms. The van der Waals surface area contributed by atoms with E-state index in [4.69, 9.17) is 0 Å². The van der Waals surface area contributed by atoms with E-state index in [1.54, 1.807) is 11.4 Å². The van der Waals surface area contributed by atoms with Gasteiger partial charge in [-0.2, -0.15) is 8.42 Å². The summed E-state index contributed by atoms with van der Waals surface area (Å²) in [6, 6.07) is 7.13. The minimum absolute atomic E-state index is 0.0787. The van der Waals surface area contributed by atoms with Gasteiger partial charge in [-0.05, 0) is 0 Å². The Morgan fingerprint density at radius 3 is 2.21 bits per heavy atom. The van der Waals surface area contributed by atoms with Crippen molar-refractivity contribution < 1.29 is 27.4 Å². The van der Waals surface area contributed by atoms with Crippen LogP contribution in [0.4, 0.5) is 0 Å². The fraction of sp³-hybridized carbons (Fsp3) is 0.182. The zero-order valence-electron chi connectivity index (χ0n) is 9.49. The Bertz CT molecular complexity index is 666. The van der Waals surface area contributed by atoms with E-state index in [0.29, 0.717) is 0 Å². The Labute approximate surface area is 108 Å². The fourth-order valence-corrected chi connectivity index (χ4v) is 2.86. The first kappa shape index (κ1) is 13.4. The van der Waals surface area contributed by atoms with E-state index < -0.39 is 38.9 Å². The summed E-state index contributed by atoms with van der Waals surface area (Å²) < 4.78 is 29.3. The summed E-state index contributed by atoms with van der Waals surface area (Å²) >= 11 is 0. The molecule has 8 heteroatoms. The molecule has 1 fully saturated rings. The molecule has 0 aliphatic carbocycles. The molecule has 1 atom stereocenters. The number of carbonyl (C=O) groups excluding carboxylic acids is 3. The standard InChI is InChI=1S/C11H9NO6S/c13-8-6-11(10(15)12-8,19(16,17)18)9(14)7-4-2-1-3-5-7/h1-5H,6H2,(H,12,13,15)(H,16,17,18).